The van der Waals surface area contributed by atoms with Crippen LogP contribution < -0.4 is 0 Å². The first-order valence-electron chi connectivity index (χ1n) is 3.59. The summed E-state index contributed by atoms with van der Waals surface area (Å²) in [5.41, 5.74) is 0. The van der Waals surface area contributed by atoms with E-state index in [9.17, 15) is 5.11 Å². The van der Waals surface area contributed by atoms with Gasteiger partial charge in [0.15, 0.2) is 6.29 Å². The highest BCUT2D eigenvalue weighted by Crippen LogP contribution is 2.23. The molecule has 0 spiro atoms. The average Bonchev–Trinajstić information content (AvgIpc) is 2.24. The summed E-state index contributed by atoms with van der Waals surface area (Å²) < 4.78 is 15.2. The van der Waals surface area contributed by atoms with Crippen molar-refractivity contribution in [3.63, 3.8) is 0 Å². The van der Waals surface area contributed by atoms with Crippen molar-refractivity contribution >= 4 is 0 Å². The first kappa shape index (κ1) is 8.93. The fourth-order valence-corrected chi connectivity index (χ4v) is 1.38. The normalized spacial score (nSPS) is 44.7. The summed E-state index contributed by atoms with van der Waals surface area (Å²) in [7, 11) is 3.11. The second-order valence-electron chi connectivity index (χ2n) is 2.63. The Morgan fingerprint density at radius 1 is 1.18 bits per heavy atom. The molecule has 1 heterocycles. The molecule has 1 aliphatic heterocycles. The van der Waals surface area contributed by atoms with E-state index in [2.05, 4.69) is 0 Å². The van der Waals surface area contributed by atoms with Crippen molar-refractivity contribution in [1.29, 1.82) is 0 Å². The molecule has 4 heteroatoms. The van der Waals surface area contributed by atoms with Gasteiger partial charge >= 0.3 is 0 Å². The molecule has 0 amide bonds. The fraction of sp³-hybridized carbons (Fsp3) is 1.00. The van der Waals surface area contributed by atoms with Crippen molar-refractivity contribution in [2.45, 2.75) is 31.5 Å². The van der Waals surface area contributed by atoms with Gasteiger partial charge in [-0.05, 0) is 6.92 Å². The Balaban J connectivity index is 2.59. The molecule has 66 valence electrons. The lowest BCUT2D eigenvalue weighted by atomic mass is 10.1. The Morgan fingerprint density at radius 2 is 1.73 bits per heavy atom. The van der Waals surface area contributed by atoms with Gasteiger partial charge in [-0.2, -0.15) is 0 Å². The highest BCUT2D eigenvalue weighted by atomic mass is 16.7. The maximum absolute atomic E-state index is 9.23. The van der Waals surface area contributed by atoms with E-state index >= 15 is 0 Å². The molecule has 0 bridgehead atoms. The van der Waals surface area contributed by atoms with Gasteiger partial charge in [0.05, 0.1) is 6.10 Å². The smallest absolute Gasteiger partial charge is 0.184 e. The Labute approximate surface area is 66.1 Å². The largest absolute Gasteiger partial charge is 0.376 e. The van der Waals surface area contributed by atoms with Crippen LogP contribution in [0.3, 0.4) is 0 Å². The second kappa shape index (κ2) is 3.49. The van der Waals surface area contributed by atoms with Gasteiger partial charge in [0, 0.05) is 14.2 Å². The van der Waals surface area contributed by atoms with Crippen molar-refractivity contribution in [2.24, 2.45) is 0 Å². The number of hydrogen-bond acceptors (Lipinski definition) is 4. The van der Waals surface area contributed by atoms with Crippen molar-refractivity contribution in [2.75, 3.05) is 14.2 Å². The van der Waals surface area contributed by atoms with Crippen molar-refractivity contribution in [1.82, 2.24) is 0 Å². The molecule has 0 aromatic heterocycles. The maximum Gasteiger partial charge on any atom is 0.184 e. The summed E-state index contributed by atoms with van der Waals surface area (Å²) in [6, 6.07) is 0. The summed E-state index contributed by atoms with van der Waals surface area (Å²) in [5.74, 6) is 0. The summed E-state index contributed by atoms with van der Waals surface area (Å²) in [6.45, 7) is 1.84. The molecule has 4 atom stereocenters. The number of hydrogen-bond donors (Lipinski definition) is 1. The Morgan fingerprint density at radius 3 is 2.09 bits per heavy atom. The van der Waals surface area contributed by atoms with Crippen LogP contribution in [0.1, 0.15) is 6.92 Å². The number of methoxy groups -OCH3 is 2. The van der Waals surface area contributed by atoms with E-state index in [4.69, 9.17) is 14.2 Å². The van der Waals surface area contributed by atoms with Gasteiger partial charge in [-0.25, -0.2) is 0 Å². The van der Waals surface area contributed by atoms with Crippen LogP contribution in [0.2, 0.25) is 0 Å². The molecule has 1 saturated heterocycles. The summed E-state index contributed by atoms with van der Waals surface area (Å²) >= 11 is 0. The quantitative estimate of drug-likeness (QED) is 0.608. The number of rotatable bonds is 2. The second-order valence-corrected chi connectivity index (χ2v) is 2.63. The predicted molar refractivity (Wildman–Crippen MR) is 38.1 cm³/mol. The van der Waals surface area contributed by atoms with Gasteiger partial charge in [0.2, 0.25) is 0 Å². The van der Waals surface area contributed by atoms with Crippen LogP contribution in [0.25, 0.3) is 0 Å². The lowest BCUT2D eigenvalue weighted by Crippen LogP contribution is -2.35. The van der Waals surface area contributed by atoms with E-state index in [0.29, 0.717) is 0 Å². The molecule has 4 nitrogen and oxygen atoms in total. The molecule has 0 saturated carbocycles. The van der Waals surface area contributed by atoms with Gasteiger partial charge in [-0.1, -0.05) is 0 Å². The summed E-state index contributed by atoms with van der Waals surface area (Å²) in [6.07, 6.45) is -1.51. The first-order chi connectivity index (χ1) is 5.20. The third-order valence-electron chi connectivity index (χ3n) is 1.97. The third-order valence-corrected chi connectivity index (χ3v) is 1.97. The monoisotopic (exact) mass is 162 g/mol. The highest BCUT2D eigenvalue weighted by molar-refractivity contribution is 4.85. The molecule has 1 rings (SSSR count). The van der Waals surface area contributed by atoms with Crippen molar-refractivity contribution in [3.8, 4) is 0 Å². The van der Waals surface area contributed by atoms with E-state index in [0.717, 1.165) is 0 Å². The SMILES string of the molecule is CO[C@@H]1[C@H](OC)[C@@H](C)O[C@H]1O. The average molecular weight is 162 g/mol. The van der Waals surface area contributed by atoms with Gasteiger partial charge < -0.3 is 19.3 Å². The molecular weight excluding hydrogens is 148 g/mol. The Bertz CT molecular complexity index is 114. The van der Waals surface area contributed by atoms with Crippen LogP contribution in [0.5, 0.6) is 0 Å². The van der Waals surface area contributed by atoms with E-state index in [1.807, 2.05) is 6.92 Å². The molecule has 0 radical (unpaired) electrons. The molecular formula is C7H14O4. The van der Waals surface area contributed by atoms with Crippen LogP contribution >= 0.6 is 0 Å². The van der Waals surface area contributed by atoms with E-state index < -0.39 is 6.29 Å². The van der Waals surface area contributed by atoms with Crippen LogP contribution in [-0.2, 0) is 14.2 Å². The summed E-state index contributed by atoms with van der Waals surface area (Å²) in [5, 5.41) is 9.23. The lowest BCUT2D eigenvalue weighted by molar-refractivity contribution is -0.133. The van der Waals surface area contributed by atoms with Gasteiger partial charge in [0.1, 0.15) is 12.2 Å². The zero-order valence-electron chi connectivity index (χ0n) is 6.98. The molecule has 11 heavy (non-hydrogen) atoms. The maximum atomic E-state index is 9.23. The topological polar surface area (TPSA) is 47.9 Å². The standard InChI is InChI=1S/C7H14O4/c1-4-5(9-2)6(10-3)7(8)11-4/h4-8H,1-3H3/t4-,5-,6-,7-/m1/s1. The van der Waals surface area contributed by atoms with Crippen molar-refractivity contribution in [3.05, 3.63) is 0 Å². The zero-order chi connectivity index (χ0) is 8.43. The highest BCUT2D eigenvalue weighted by Gasteiger charge is 2.41. The van der Waals surface area contributed by atoms with Gasteiger partial charge in [-0.3, -0.25) is 0 Å². The Kier molecular flexibility index (Phi) is 2.84. The number of aliphatic hydroxyl groups is 1. The van der Waals surface area contributed by atoms with Crippen LogP contribution in [0.4, 0.5) is 0 Å². The fourth-order valence-electron chi connectivity index (χ4n) is 1.38. The van der Waals surface area contributed by atoms with Crippen LogP contribution in [0, 0.1) is 0 Å². The molecule has 0 aromatic rings. The van der Waals surface area contributed by atoms with Crippen LogP contribution in [0.15, 0.2) is 0 Å². The zero-order valence-corrected chi connectivity index (χ0v) is 6.98. The van der Waals surface area contributed by atoms with Crippen LogP contribution in [-0.4, -0.2) is 43.9 Å². The summed E-state index contributed by atoms with van der Waals surface area (Å²) in [4.78, 5) is 0. The minimum atomic E-state index is -0.861. The molecule has 1 N–H and O–H groups in total. The van der Waals surface area contributed by atoms with Gasteiger partial charge in [0.25, 0.3) is 0 Å². The number of ether oxygens (including phenoxy) is 3. The minimum absolute atomic E-state index is 0.111. The predicted octanol–water partition coefficient (Wildman–Crippen LogP) is -0.247. The Hall–Kier alpha value is -0.160. The van der Waals surface area contributed by atoms with E-state index in [1.165, 1.54) is 7.11 Å². The van der Waals surface area contributed by atoms with E-state index in [1.54, 1.807) is 7.11 Å². The molecule has 0 aromatic carbocycles. The van der Waals surface area contributed by atoms with E-state index in [-0.39, 0.29) is 18.3 Å². The molecule has 1 aliphatic rings. The molecule has 0 aliphatic carbocycles. The minimum Gasteiger partial charge on any atom is -0.376 e. The number of aliphatic hydroxyl groups excluding tert-OH is 1. The first-order valence-corrected chi connectivity index (χ1v) is 3.59. The molecule has 0 unspecified atom stereocenters. The van der Waals surface area contributed by atoms with Crippen molar-refractivity contribution < 1.29 is 19.3 Å². The third kappa shape index (κ3) is 1.54. The van der Waals surface area contributed by atoms with Gasteiger partial charge in [-0.15, -0.1) is 0 Å². The lowest BCUT2D eigenvalue weighted by Gasteiger charge is -2.17. The molecule has 1 fully saturated rings.